The van der Waals surface area contributed by atoms with Gasteiger partial charge in [0.25, 0.3) is 5.09 Å². The monoisotopic (exact) mass is 1660 g/mol. The molecule has 11 rings (SSSR count). The number of carboxylic acids is 2. The van der Waals surface area contributed by atoms with Gasteiger partial charge in [-0.15, -0.1) is 10.1 Å². The minimum atomic E-state index is -3.22. The number of aromatic nitrogens is 8. The number of phenolic OH excluding ortho intramolecular Hbond substituents is 2. The number of hydrogen-bond acceptors (Lipinski definition) is 32. The first kappa shape index (κ1) is 90.7. The van der Waals surface area contributed by atoms with Crippen molar-refractivity contribution in [2.45, 2.75) is 6.61 Å². The topological polar surface area (TPSA) is 625 Å². The van der Waals surface area contributed by atoms with Crippen LogP contribution in [0.3, 0.4) is 0 Å². The summed E-state index contributed by atoms with van der Waals surface area (Å²) in [6.45, 7) is 0.440. The maximum Gasteiger partial charge on any atom is 0.339 e. The number of rotatable bonds is 17. The van der Waals surface area contributed by atoms with Crippen molar-refractivity contribution >= 4 is 143 Å². The molecule has 42 nitrogen and oxygen atoms in total. The van der Waals surface area contributed by atoms with Crippen molar-refractivity contribution < 1.29 is 103 Å². The number of aromatic amines is 2. The van der Waals surface area contributed by atoms with Crippen LogP contribution in [0.5, 0.6) is 17.2 Å². The minimum absolute atomic E-state index is 0.00408. The zero-order valence-corrected chi connectivity index (χ0v) is 61.7. The van der Waals surface area contributed by atoms with E-state index in [1.807, 2.05) is 35.3 Å². The van der Waals surface area contributed by atoms with E-state index in [2.05, 4.69) is 93.2 Å². The molecule has 0 fully saturated rings. The van der Waals surface area contributed by atoms with Crippen LogP contribution in [0.4, 0.5) is 45.8 Å². The van der Waals surface area contributed by atoms with Gasteiger partial charge in [0.2, 0.25) is 16.5 Å². The lowest BCUT2D eigenvalue weighted by atomic mass is 10.2. The van der Waals surface area contributed by atoms with Gasteiger partial charge in [-0.05, 0) is 130 Å². The number of nitrogens with two attached hydrogens (primary N) is 1. The molecule has 590 valence electrons. The summed E-state index contributed by atoms with van der Waals surface area (Å²) in [4.78, 5) is 149. The predicted octanol–water partition coefficient (Wildman–Crippen LogP) is 11.9. The van der Waals surface area contributed by atoms with Gasteiger partial charge in [0, 0.05) is 78.5 Å². The Hall–Kier alpha value is -14.7. The van der Waals surface area contributed by atoms with Gasteiger partial charge in [0.05, 0.1) is 82.3 Å². The van der Waals surface area contributed by atoms with Crippen LogP contribution < -0.4 is 32.2 Å². The van der Waals surface area contributed by atoms with Gasteiger partial charge in [-0.3, -0.25) is 49.1 Å². The summed E-state index contributed by atoms with van der Waals surface area (Å²) >= 11 is 19.3. The van der Waals surface area contributed by atoms with Crippen LogP contribution in [-0.2, 0) is 30.1 Å². The van der Waals surface area contributed by atoms with Crippen molar-refractivity contribution in [2.24, 2.45) is 0 Å². The van der Waals surface area contributed by atoms with Crippen molar-refractivity contribution in [1.82, 2.24) is 39.5 Å². The first-order valence-electron chi connectivity index (χ1n) is 30.2. The van der Waals surface area contributed by atoms with Crippen molar-refractivity contribution in [2.75, 3.05) is 44.8 Å². The second-order valence-electron chi connectivity index (χ2n) is 20.6. The number of imidazole rings is 1. The summed E-state index contributed by atoms with van der Waals surface area (Å²) in [6, 6.07) is 38.2. The van der Waals surface area contributed by atoms with Gasteiger partial charge in [-0.1, -0.05) is 41.9 Å². The Kier molecular flexibility index (Phi) is 35.7. The average Bonchev–Trinajstić information content (AvgIpc) is 1.70. The van der Waals surface area contributed by atoms with Gasteiger partial charge in [-0.25, -0.2) is 53.7 Å². The molecule has 0 atom stereocenters. The van der Waals surface area contributed by atoms with Crippen LogP contribution in [0.1, 0.15) is 67.7 Å². The number of nitrogens with one attached hydrogen (secondary N) is 4. The van der Waals surface area contributed by atoms with E-state index in [0.717, 1.165) is 47.7 Å². The Bertz CT molecular complexity index is 5340. The van der Waals surface area contributed by atoms with E-state index in [1.165, 1.54) is 65.2 Å². The molecule has 7 aromatic heterocycles. The van der Waals surface area contributed by atoms with Gasteiger partial charge in [-0.2, -0.15) is 0 Å². The zero-order valence-electron chi connectivity index (χ0n) is 57.8. The minimum Gasteiger partial charge on any atom is -0.508 e. The summed E-state index contributed by atoms with van der Waals surface area (Å²) in [5.74, 6) is -3.22. The Labute approximate surface area is 650 Å². The third kappa shape index (κ3) is 31.2. The lowest BCUT2D eigenvalue weighted by Crippen LogP contribution is -2.13. The number of methoxy groups -OCH3 is 4. The zero-order chi connectivity index (χ0) is 84.2. The quantitative estimate of drug-likeness (QED) is 0.00770. The molecule has 0 spiro atoms. The van der Waals surface area contributed by atoms with Crippen LogP contribution >= 0.6 is 50.5 Å². The standard InChI is InChI=1S/C20H17N3O5.C14H11N3O3.C13H13N3O3.C7H5ClN2O4.C6H4N2O5.C6H5NO3.Cl3OP.HNO3/c1-27-20(24)15-11-18(23(25)26)19(21-12-15)22-16-7-9-17(10-8-16)28-13-14-5-3-2-4-6-14;1-20-14(19)9-6-12-13(15-7-9)17(8-16-12)10-2-4-11(18)5-3-10;1-19-13(18)8-6-11(14)12(15-7-8)16-9-2-4-10(17)5-3-9;1-14-7(11)4-2-5(10(12)13)6(8)9-3-4;9-5-4(8(12)13)1-3(2-7-5)6(10)11;8-5-2-1-4(3-7-5)6(9)10;1-5(2,3)4;2-1(3)4/h2-12H,13H2,1H3,(H,21,22);2-8,18H,1H3;2-7,17H,14H2,1H3,(H,15,16);2-3H,1H3;1-2H,(H,7,9)(H,10,11);1-3H,(H,7,8)(H,9,10);;(H,2,3,4). The van der Waals surface area contributed by atoms with Crippen molar-refractivity contribution in [3.63, 3.8) is 0 Å². The highest BCUT2D eigenvalue weighted by atomic mass is 36.0. The summed E-state index contributed by atoms with van der Waals surface area (Å²) < 4.78 is 35.2. The van der Waals surface area contributed by atoms with E-state index in [1.54, 1.807) is 89.8 Å². The number of carbonyl (C=O) groups excluding carboxylic acids is 4. The van der Waals surface area contributed by atoms with Crippen molar-refractivity contribution in [3.05, 3.63) is 294 Å². The normalized spacial score (nSPS) is 9.91. The number of pyridine rings is 6. The molecule has 0 saturated heterocycles. The number of H-pyrrole nitrogens is 2. The molecular formula is C66H56Cl4N15O27P. The van der Waals surface area contributed by atoms with E-state index >= 15 is 0 Å². The molecule has 113 heavy (non-hydrogen) atoms. The predicted molar refractivity (Wildman–Crippen MR) is 402 cm³/mol. The average molecular weight is 1660 g/mol. The maximum absolute atomic E-state index is 11.5. The van der Waals surface area contributed by atoms with E-state index in [-0.39, 0.29) is 61.5 Å². The van der Waals surface area contributed by atoms with Crippen LogP contribution in [0.15, 0.2) is 199 Å². The van der Waals surface area contributed by atoms with Gasteiger partial charge in [0.15, 0.2) is 11.5 Å². The van der Waals surface area contributed by atoms with E-state index < -0.39 is 77.8 Å². The molecule has 0 amide bonds. The molecule has 0 bridgehead atoms. The first-order valence-corrected chi connectivity index (χ1v) is 35.0. The highest BCUT2D eigenvalue weighted by Gasteiger charge is 2.22. The molecule has 0 aliphatic heterocycles. The smallest absolute Gasteiger partial charge is 0.339 e. The Balaban J connectivity index is 0.000000287. The lowest BCUT2D eigenvalue weighted by molar-refractivity contribution is -0.742. The molecule has 11 aromatic rings. The molecule has 0 aliphatic rings. The molecule has 47 heteroatoms. The largest absolute Gasteiger partial charge is 0.508 e. The molecule has 7 heterocycles. The number of carbonyl (C=O) groups is 6. The molecular weight excluding hydrogens is 1610 g/mol. The molecule has 0 saturated carbocycles. The molecule has 0 radical (unpaired) electrons. The first-order chi connectivity index (χ1) is 53.4. The third-order valence-electron chi connectivity index (χ3n) is 13.1. The Morgan fingerprint density at radius 2 is 0.965 bits per heavy atom. The van der Waals surface area contributed by atoms with Crippen LogP contribution in [0.25, 0.3) is 16.9 Å². The second kappa shape index (κ2) is 44.5. The second-order valence-corrected chi connectivity index (χ2v) is 27.6. The fourth-order valence-corrected chi connectivity index (χ4v) is 8.10. The molecule has 0 unspecified atom stereocenters. The number of carboxylic acid groups (broad SMARTS) is 2. The number of esters is 4. The summed E-state index contributed by atoms with van der Waals surface area (Å²) in [5.41, 5.74) is 8.20. The number of phenols is 2. The summed E-state index contributed by atoms with van der Waals surface area (Å²) in [5, 5.41) is 83.2. The van der Waals surface area contributed by atoms with Crippen LogP contribution in [0, 0.1) is 40.5 Å². The van der Waals surface area contributed by atoms with E-state index in [4.69, 9.17) is 47.6 Å². The number of nitro groups is 3. The number of benzene rings is 4. The van der Waals surface area contributed by atoms with Gasteiger partial charge >= 0.3 is 63.6 Å². The lowest BCUT2D eigenvalue weighted by Gasteiger charge is -2.09. The van der Waals surface area contributed by atoms with Crippen LogP contribution in [0.2, 0.25) is 5.15 Å². The number of anilines is 5. The van der Waals surface area contributed by atoms with Gasteiger partial charge < -0.3 is 75.7 Å². The third-order valence-corrected chi connectivity index (χ3v) is 13.3. The number of ether oxygens (including phenoxy) is 5. The van der Waals surface area contributed by atoms with E-state index in [0.29, 0.717) is 52.3 Å². The number of fused-ring (bicyclic) bond motifs is 1. The fourth-order valence-electron chi connectivity index (χ4n) is 7.93. The maximum atomic E-state index is 11.5. The molecule has 11 N–H and O–H groups in total. The van der Waals surface area contributed by atoms with Crippen LogP contribution in [-0.4, -0.2) is 149 Å². The molecule has 4 aromatic carbocycles. The molecule has 0 aliphatic carbocycles. The number of nitrogens with zero attached hydrogens (tertiary/aromatic N) is 10. The highest BCUT2D eigenvalue weighted by Crippen LogP contribution is 2.61. The van der Waals surface area contributed by atoms with E-state index in [9.17, 15) is 83.5 Å². The summed E-state index contributed by atoms with van der Waals surface area (Å²) in [6.07, 6.45) is 8.84. The van der Waals surface area contributed by atoms with Crippen molar-refractivity contribution in [1.29, 1.82) is 0 Å². The number of hydrogen-bond donors (Lipinski definition) is 10. The number of halogens is 4. The number of nitrogen functional groups attached to an aromatic ring is 1. The summed E-state index contributed by atoms with van der Waals surface area (Å²) in [7, 11) is 4.98. The van der Waals surface area contributed by atoms with Crippen molar-refractivity contribution in [3.8, 4) is 22.9 Å². The SMILES string of the molecule is COC(=O)c1cnc(Cl)c([N+](=O)[O-])c1.COC(=O)c1cnc(Nc2ccc(O)cc2)c(N)c1.COC(=O)c1cnc(Nc2ccc(OCc3ccccc3)cc2)c([N+](=O)[O-])c1.COC(=O)c1cnc2c(c1)ncn2-c1ccc(O)cc1.O=C(O)c1c[nH]c(=O)c([N+](=O)[O-])c1.O=C(O)c1ccc(=O)[nH]c1.O=P(Cl)(Cl)Cl.O=[N+]([O-])O. The Morgan fingerprint density at radius 1 is 0.540 bits per heavy atom. The number of aromatic carboxylic acids is 2. The van der Waals surface area contributed by atoms with Gasteiger partial charge in [0.1, 0.15) is 35.7 Å². The fraction of sp³-hybridized carbons (Fsp3) is 0.0758. The highest BCUT2D eigenvalue weighted by molar-refractivity contribution is 8.24. The Morgan fingerprint density at radius 3 is 1.43 bits per heavy atom. The number of aromatic hydroxyl groups is 2.